The van der Waals surface area contributed by atoms with Gasteiger partial charge in [0.2, 0.25) is 6.39 Å². The van der Waals surface area contributed by atoms with Gasteiger partial charge in [0, 0.05) is 31.6 Å². The van der Waals surface area contributed by atoms with Gasteiger partial charge >= 0.3 is 0 Å². The third kappa shape index (κ3) is 2.59. The Morgan fingerprint density at radius 2 is 2.31 bits per heavy atom. The maximum absolute atomic E-state index is 4.72. The number of hydrogen-bond acceptors (Lipinski definition) is 5. The van der Waals surface area contributed by atoms with E-state index in [9.17, 15) is 0 Å². The van der Waals surface area contributed by atoms with Gasteiger partial charge in [-0.1, -0.05) is 5.16 Å². The summed E-state index contributed by atoms with van der Waals surface area (Å²) in [5.74, 6) is 0.818. The van der Waals surface area contributed by atoms with Crippen molar-refractivity contribution < 1.29 is 4.52 Å². The van der Waals surface area contributed by atoms with E-state index in [0.29, 0.717) is 6.04 Å². The molecule has 1 atom stereocenters. The molecule has 1 aliphatic carbocycles. The summed E-state index contributed by atoms with van der Waals surface area (Å²) in [6.45, 7) is 3.42. The zero-order valence-electron chi connectivity index (χ0n) is 9.43. The summed E-state index contributed by atoms with van der Waals surface area (Å²) < 4.78 is 4.72. The van der Waals surface area contributed by atoms with Gasteiger partial charge in [0.1, 0.15) is 0 Å². The summed E-state index contributed by atoms with van der Waals surface area (Å²) >= 11 is 0. The SMILES string of the molecule is c1nc(CCN2CCC(NC3CC3)C2)no1. The van der Waals surface area contributed by atoms with E-state index in [-0.39, 0.29) is 0 Å². The van der Waals surface area contributed by atoms with Gasteiger partial charge in [-0.25, -0.2) is 0 Å². The topological polar surface area (TPSA) is 54.2 Å². The van der Waals surface area contributed by atoms with Crippen LogP contribution in [0.3, 0.4) is 0 Å². The van der Waals surface area contributed by atoms with Crippen molar-refractivity contribution in [3.63, 3.8) is 0 Å². The average Bonchev–Trinajstić information content (AvgIpc) is 2.81. The van der Waals surface area contributed by atoms with Gasteiger partial charge in [0.05, 0.1) is 0 Å². The smallest absolute Gasteiger partial charge is 0.213 e. The first kappa shape index (κ1) is 10.2. The summed E-state index contributed by atoms with van der Waals surface area (Å²) in [6.07, 6.45) is 6.32. The minimum Gasteiger partial charge on any atom is -0.343 e. The molecule has 88 valence electrons. The van der Waals surface area contributed by atoms with Crippen LogP contribution in [0.5, 0.6) is 0 Å². The quantitative estimate of drug-likeness (QED) is 0.783. The molecule has 1 N–H and O–H groups in total. The van der Waals surface area contributed by atoms with Gasteiger partial charge in [-0.05, 0) is 25.8 Å². The lowest BCUT2D eigenvalue weighted by atomic mass is 10.2. The fourth-order valence-corrected chi connectivity index (χ4v) is 2.32. The molecule has 0 spiro atoms. The molecule has 0 bridgehead atoms. The maximum Gasteiger partial charge on any atom is 0.213 e. The Morgan fingerprint density at radius 1 is 1.38 bits per heavy atom. The predicted molar refractivity (Wildman–Crippen MR) is 59.0 cm³/mol. The fraction of sp³-hybridized carbons (Fsp3) is 0.818. The van der Waals surface area contributed by atoms with Crippen molar-refractivity contribution in [1.29, 1.82) is 0 Å². The molecule has 0 amide bonds. The molecule has 0 radical (unpaired) electrons. The van der Waals surface area contributed by atoms with E-state index < -0.39 is 0 Å². The van der Waals surface area contributed by atoms with Crippen LogP contribution in [0.15, 0.2) is 10.9 Å². The largest absolute Gasteiger partial charge is 0.343 e. The normalized spacial score (nSPS) is 26.4. The van der Waals surface area contributed by atoms with Crippen LogP contribution >= 0.6 is 0 Å². The number of aromatic nitrogens is 2. The van der Waals surface area contributed by atoms with Crippen LogP contribution in [0.2, 0.25) is 0 Å². The Hall–Kier alpha value is -0.940. The zero-order valence-corrected chi connectivity index (χ0v) is 9.43. The summed E-state index contributed by atoms with van der Waals surface area (Å²) in [6, 6.07) is 1.53. The summed E-state index contributed by atoms with van der Waals surface area (Å²) in [5, 5.41) is 7.51. The monoisotopic (exact) mass is 222 g/mol. The van der Waals surface area contributed by atoms with Crippen LogP contribution in [0.4, 0.5) is 0 Å². The van der Waals surface area contributed by atoms with Crippen molar-refractivity contribution in [1.82, 2.24) is 20.4 Å². The molecule has 1 aromatic heterocycles. The zero-order chi connectivity index (χ0) is 10.8. The van der Waals surface area contributed by atoms with Crippen LogP contribution in [0.25, 0.3) is 0 Å². The summed E-state index contributed by atoms with van der Waals surface area (Å²) in [4.78, 5) is 6.52. The first-order valence-electron chi connectivity index (χ1n) is 6.14. The molecule has 1 aliphatic heterocycles. The highest BCUT2D eigenvalue weighted by molar-refractivity contribution is 4.90. The van der Waals surface area contributed by atoms with E-state index in [0.717, 1.165) is 24.8 Å². The highest BCUT2D eigenvalue weighted by Gasteiger charge is 2.28. The van der Waals surface area contributed by atoms with Crippen LogP contribution < -0.4 is 5.32 Å². The maximum atomic E-state index is 4.72. The van der Waals surface area contributed by atoms with Crippen LogP contribution in [0.1, 0.15) is 25.1 Å². The van der Waals surface area contributed by atoms with Crippen molar-refractivity contribution in [2.75, 3.05) is 19.6 Å². The second kappa shape index (κ2) is 4.51. The first-order valence-corrected chi connectivity index (χ1v) is 6.14. The van der Waals surface area contributed by atoms with Crippen molar-refractivity contribution in [2.45, 2.75) is 37.8 Å². The molecular formula is C11H18N4O. The van der Waals surface area contributed by atoms with Gasteiger partial charge < -0.3 is 14.7 Å². The number of nitrogens with one attached hydrogen (secondary N) is 1. The second-order valence-electron chi connectivity index (χ2n) is 4.82. The molecule has 5 heteroatoms. The van der Waals surface area contributed by atoms with Crippen LogP contribution in [0, 0.1) is 0 Å². The van der Waals surface area contributed by atoms with Crippen molar-refractivity contribution >= 4 is 0 Å². The van der Waals surface area contributed by atoms with E-state index in [1.807, 2.05) is 0 Å². The highest BCUT2D eigenvalue weighted by atomic mass is 16.5. The molecule has 2 heterocycles. The number of nitrogens with zero attached hydrogens (tertiary/aromatic N) is 3. The summed E-state index contributed by atoms with van der Waals surface area (Å²) in [5.41, 5.74) is 0. The lowest BCUT2D eigenvalue weighted by Gasteiger charge is -2.15. The molecule has 2 fully saturated rings. The molecule has 0 aromatic carbocycles. The van der Waals surface area contributed by atoms with Gasteiger partial charge in [0.25, 0.3) is 0 Å². The molecule has 5 nitrogen and oxygen atoms in total. The van der Waals surface area contributed by atoms with Gasteiger partial charge in [-0.3, -0.25) is 0 Å². The minimum absolute atomic E-state index is 0.706. The van der Waals surface area contributed by atoms with E-state index >= 15 is 0 Å². The average molecular weight is 222 g/mol. The van der Waals surface area contributed by atoms with E-state index in [4.69, 9.17) is 4.52 Å². The Morgan fingerprint density at radius 3 is 3.06 bits per heavy atom. The summed E-state index contributed by atoms with van der Waals surface area (Å²) in [7, 11) is 0. The number of rotatable bonds is 5. The van der Waals surface area contributed by atoms with Crippen molar-refractivity contribution in [2.24, 2.45) is 0 Å². The molecule has 1 saturated heterocycles. The lowest BCUT2D eigenvalue weighted by molar-refractivity contribution is 0.325. The lowest BCUT2D eigenvalue weighted by Crippen LogP contribution is -2.34. The van der Waals surface area contributed by atoms with E-state index in [1.54, 1.807) is 0 Å². The van der Waals surface area contributed by atoms with Crippen molar-refractivity contribution in [3.8, 4) is 0 Å². The second-order valence-corrected chi connectivity index (χ2v) is 4.82. The van der Waals surface area contributed by atoms with Gasteiger partial charge in [0.15, 0.2) is 5.82 Å². The molecule has 1 aromatic rings. The fourth-order valence-electron chi connectivity index (χ4n) is 2.32. The van der Waals surface area contributed by atoms with Gasteiger partial charge in [-0.15, -0.1) is 0 Å². The van der Waals surface area contributed by atoms with Crippen molar-refractivity contribution in [3.05, 3.63) is 12.2 Å². The standard InChI is InChI=1S/C11H18N4O/c1-2-9(1)13-10-3-5-15(7-10)6-4-11-12-8-16-14-11/h8-10,13H,1-7H2. The Labute approximate surface area is 95.2 Å². The molecule has 16 heavy (non-hydrogen) atoms. The Kier molecular flexibility index (Phi) is 2.88. The Balaban J connectivity index is 1.39. The third-order valence-electron chi connectivity index (χ3n) is 3.38. The number of hydrogen-bond donors (Lipinski definition) is 1. The molecule has 1 saturated carbocycles. The van der Waals surface area contributed by atoms with Crippen LogP contribution in [-0.2, 0) is 6.42 Å². The molecular weight excluding hydrogens is 204 g/mol. The van der Waals surface area contributed by atoms with Crippen LogP contribution in [-0.4, -0.2) is 46.8 Å². The van der Waals surface area contributed by atoms with E-state index in [1.165, 1.54) is 38.7 Å². The van der Waals surface area contributed by atoms with E-state index in [2.05, 4.69) is 20.4 Å². The predicted octanol–water partition coefficient (Wildman–Crippen LogP) is 0.438. The molecule has 2 aliphatic rings. The first-order chi connectivity index (χ1) is 7.90. The number of likely N-dealkylation sites (tertiary alicyclic amines) is 1. The van der Waals surface area contributed by atoms with Gasteiger partial charge in [-0.2, -0.15) is 4.98 Å². The molecule has 3 rings (SSSR count). The Bertz CT molecular complexity index is 323. The third-order valence-corrected chi connectivity index (χ3v) is 3.38. The molecule has 1 unspecified atom stereocenters. The highest BCUT2D eigenvalue weighted by Crippen LogP contribution is 2.21. The minimum atomic E-state index is 0.706.